The molecular formula is C13H26N2O. The van der Waals surface area contributed by atoms with E-state index in [4.69, 9.17) is 5.73 Å². The summed E-state index contributed by atoms with van der Waals surface area (Å²) in [7, 11) is 0. The van der Waals surface area contributed by atoms with Crippen LogP contribution < -0.4 is 11.1 Å². The first kappa shape index (κ1) is 13.5. The molecule has 0 aliphatic heterocycles. The summed E-state index contributed by atoms with van der Waals surface area (Å²) in [5.41, 5.74) is 5.48. The summed E-state index contributed by atoms with van der Waals surface area (Å²) in [5.74, 6) is 0.879. The highest BCUT2D eigenvalue weighted by molar-refractivity contribution is 5.84. The number of hydrogen-bond donors (Lipinski definition) is 2. The van der Waals surface area contributed by atoms with E-state index in [0.717, 1.165) is 32.1 Å². The molecule has 1 saturated carbocycles. The standard InChI is InChI=1S/C13H26N2O/c1-10(2)5-6-11(3)15-12(16)13(9-14)7-4-8-13/h10-11H,4-9,14H2,1-3H3,(H,15,16). The molecule has 16 heavy (non-hydrogen) atoms. The molecule has 3 N–H and O–H groups in total. The Balaban J connectivity index is 2.33. The van der Waals surface area contributed by atoms with E-state index in [-0.39, 0.29) is 17.4 Å². The fourth-order valence-corrected chi connectivity index (χ4v) is 2.16. The second kappa shape index (κ2) is 5.67. The lowest BCUT2D eigenvalue weighted by Crippen LogP contribution is -2.52. The molecule has 1 rings (SSSR count). The van der Waals surface area contributed by atoms with Crippen molar-refractivity contribution in [1.82, 2.24) is 5.32 Å². The predicted octanol–water partition coefficient (Wildman–Crippen LogP) is 2.06. The molecule has 0 heterocycles. The predicted molar refractivity (Wildman–Crippen MR) is 67.0 cm³/mol. The molecule has 0 aromatic carbocycles. The number of amides is 1. The molecule has 94 valence electrons. The van der Waals surface area contributed by atoms with Crippen LogP contribution in [0.5, 0.6) is 0 Å². The van der Waals surface area contributed by atoms with Crippen LogP contribution in [0, 0.1) is 11.3 Å². The van der Waals surface area contributed by atoms with E-state index in [9.17, 15) is 4.79 Å². The number of carbonyl (C=O) groups is 1. The molecule has 0 aromatic heterocycles. The van der Waals surface area contributed by atoms with Gasteiger partial charge in [-0.05, 0) is 38.5 Å². The first-order chi connectivity index (χ1) is 7.50. The summed E-state index contributed by atoms with van der Waals surface area (Å²) in [4.78, 5) is 12.0. The van der Waals surface area contributed by atoms with Crippen LogP contribution in [-0.4, -0.2) is 18.5 Å². The Labute approximate surface area is 99.2 Å². The van der Waals surface area contributed by atoms with Crippen molar-refractivity contribution in [2.45, 2.75) is 58.9 Å². The molecule has 0 radical (unpaired) electrons. The van der Waals surface area contributed by atoms with E-state index in [1.165, 1.54) is 0 Å². The molecule has 1 atom stereocenters. The summed E-state index contributed by atoms with van der Waals surface area (Å²) < 4.78 is 0. The summed E-state index contributed by atoms with van der Waals surface area (Å²) in [5, 5.41) is 3.11. The molecule has 3 nitrogen and oxygen atoms in total. The number of nitrogens with two attached hydrogens (primary N) is 1. The third kappa shape index (κ3) is 3.21. The van der Waals surface area contributed by atoms with Gasteiger partial charge in [0.25, 0.3) is 0 Å². The van der Waals surface area contributed by atoms with Crippen LogP contribution >= 0.6 is 0 Å². The highest BCUT2D eigenvalue weighted by Gasteiger charge is 2.42. The average molecular weight is 226 g/mol. The SMILES string of the molecule is CC(C)CCC(C)NC(=O)C1(CN)CCC1. The van der Waals surface area contributed by atoms with Crippen LogP contribution in [0.15, 0.2) is 0 Å². The molecule has 1 fully saturated rings. The van der Waals surface area contributed by atoms with Crippen molar-refractivity contribution in [2.75, 3.05) is 6.54 Å². The van der Waals surface area contributed by atoms with Crippen LogP contribution in [0.3, 0.4) is 0 Å². The van der Waals surface area contributed by atoms with Gasteiger partial charge in [0.05, 0.1) is 5.41 Å². The normalized spacial score (nSPS) is 20.3. The fraction of sp³-hybridized carbons (Fsp3) is 0.923. The van der Waals surface area contributed by atoms with Gasteiger partial charge in [0, 0.05) is 12.6 Å². The van der Waals surface area contributed by atoms with Gasteiger partial charge in [-0.2, -0.15) is 0 Å². The van der Waals surface area contributed by atoms with Gasteiger partial charge in [0.2, 0.25) is 5.91 Å². The lowest BCUT2D eigenvalue weighted by Gasteiger charge is -2.39. The Kier molecular flexibility index (Phi) is 4.78. The zero-order valence-electron chi connectivity index (χ0n) is 10.9. The molecule has 1 amide bonds. The third-order valence-electron chi connectivity index (χ3n) is 3.74. The maximum Gasteiger partial charge on any atom is 0.227 e. The Morgan fingerprint density at radius 1 is 1.31 bits per heavy atom. The van der Waals surface area contributed by atoms with Gasteiger partial charge in [-0.25, -0.2) is 0 Å². The van der Waals surface area contributed by atoms with Crippen LogP contribution in [0.2, 0.25) is 0 Å². The van der Waals surface area contributed by atoms with E-state index in [0.29, 0.717) is 12.5 Å². The summed E-state index contributed by atoms with van der Waals surface area (Å²) in [6.45, 7) is 7.00. The van der Waals surface area contributed by atoms with Crippen molar-refractivity contribution in [3.63, 3.8) is 0 Å². The maximum absolute atomic E-state index is 12.0. The van der Waals surface area contributed by atoms with E-state index in [1.807, 2.05) is 0 Å². The highest BCUT2D eigenvalue weighted by atomic mass is 16.2. The summed E-state index contributed by atoms with van der Waals surface area (Å²) in [6.07, 6.45) is 5.30. The van der Waals surface area contributed by atoms with Gasteiger partial charge >= 0.3 is 0 Å². The van der Waals surface area contributed by atoms with Gasteiger partial charge in [-0.3, -0.25) is 4.79 Å². The van der Waals surface area contributed by atoms with E-state index >= 15 is 0 Å². The second-order valence-corrected chi connectivity index (χ2v) is 5.68. The minimum Gasteiger partial charge on any atom is -0.353 e. The monoisotopic (exact) mass is 226 g/mol. The third-order valence-corrected chi connectivity index (χ3v) is 3.74. The minimum absolute atomic E-state index is 0.178. The zero-order chi connectivity index (χ0) is 12.2. The Morgan fingerprint density at radius 2 is 1.94 bits per heavy atom. The van der Waals surface area contributed by atoms with Gasteiger partial charge in [0.1, 0.15) is 0 Å². The zero-order valence-corrected chi connectivity index (χ0v) is 10.9. The van der Waals surface area contributed by atoms with Crippen molar-refractivity contribution in [3.8, 4) is 0 Å². The fourth-order valence-electron chi connectivity index (χ4n) is 2.16. The van der Waals surface area contributed by atoms with Gasteiger partial charge in [0.15, 0.2) is 0 Å². The smallest absolute Gasteiger partial charge is 0.227 e. The number of nitrogens with one attached hydrogen (secondary N) is 1. The van der Waals surface area contributed by atoms with Crippen LogP contribution in [0.25, 0.3) is 0 Å². The number of carbonyl (C=O) groups excluding carboxylic acids is 1. The average Bonchev–Trinajstić information content (AvgIpc) is 2.13. The summed E-state index contributed by atoms with van der Waals surface area (Å²) >= 11 is 0. The van der Waals surface area contributed by atoms with E-state index < -0.39 is 0 Å². The largest absolute Gasteiger partial charge is 0.353 e. The molecule has 1 aliphatic carbocycles. The Bertz CT molecular complexity index is 229. The van der Waals surface area contributed by atoms with Crippen molar-refractivity contribution < 1.29 is 4.79 Å². The molecule has 0 aromatic rings. The van der Waals surface area contributed by atoms with Crippen molar-refractivity contribution >= 4 is 5.91 Å². The lowest BCUT2D eigenvalue weighted by atomic mass is 9.68. The second-order valence-electron chi connectivity index (χ2n) is 5.68. The lowest BCUT2D eigenvalue weighted by molar-refractivity contribution is -0.135. The van der Waals surface area contributed by atoms with Gasteiger partial charge in [-0.1, -0.05) is 20.3 Å². The summed E-state index contributed by atoms with van der Waals surface area (Å²) in [6, 6.07) is 0.277. The topological polar surface area (TPSA) is 55.1 Å². The number of hydrogen-bond acceptors (Lipinski definition) is 2. The van der Waals surface area contributed by atoms with Crippen LogP contribution in [0.1, 0.15) is 52.9 Å². The van der Waals surface area contributed by atoms with Crippen molar-refractivity contribution in [1.29, 1.82) is 0 Å². The van der Waals surface area contributed by atoms with Gasteiger partial charge < -0.3 is 11.1 Å². The molecule has 0 spiro atoms. The molecule has 0 bridgehead atoms. The minimum atomic E-state index is -0.230. The quantitative estimate of drug-likeness (QED) is 0.728. The number of rotatable bonds is 6. The Morgan fingerprint density at radius 3 is 2.31 bits per heavy atom. The van der Waals surface area contributed by atoms with Crippen molar-refractivity contribution in [2.24, 2.45) is 17.1 Å². The van der Waals surface area contributed by atoms with Crippen LogP contribution in [0.4, 0.5) is 0 Å². The maximum atomic E-state index is 12.0. The molecule has 1 aliphatic rings. The molecule has 1 unspecified atom stereocenters. The highest BCUT2D eigenvalue weighted by Crippen LogP contribution is 2.40. The molecule has 0 saturated heterocycles. The van der Waals surface area contributed by atoms with E-state index in [1.54, 1.807) is 0 Å². The Hall–Kier alpha value is -0.570. The molecular weight excluding hydrogens is 200 g/mol. The first-order valence-electron chi connectivity index (χ1n) is 6.51. The molecule has 3 heteroatoms. The van der Waals surface area contributed by atoms with Gasteiger partial charge in [-0.15, -0.1) is 0 Å². The first-order valence-corrected chi connectivity index (χ1v) is 6.51. The van der Waals surface area contributed by atoms with E-state index in [2.05, 4.69) is 26.1 Å². The van der Waals surface area contributed by atoms with Crippen molar-refractivity contribution in [3.05, 3.63) is 0 Å². The van der Waals surface area contributed by atoms with Crippen LogP contribution in [-0.2, 0) is 4.79 Å².